The molecule has 6 nitrogen and oxygen atoms in total. The third kappa shape index (κ3) is 3.92. The van der Waals surface area contributed by atoms with Gasteiger partial charge in [0.05, 0.1) is 29.0 Å². The second kappa shape index (κ2) is 8.34. The van der Waals surface area contributed by atoms with Crippen LogP contribution in [0.5, 0.6) is 5.75 Å². The fourth-order valence-corrected chi connectivity index (χ4v) is 4.78. The first-order chi connectivity index (χ1) is 14.8. The molecule has 0 radical (unpaired) electrons. The third-order valence-corrected chi connectivity index (χ3v) is 6.36. The van der Waals surface area contributed by atoms with Gasteiger partial charge in [0.15, 0.2) is 4.80 Å². The van der Waals surface area contributed by atoms with Gasteiger partial charge >= 0.3 is 5.97 Å². The maximum atomic E-state index is 13.4. The molecule has 0 amide bonds. The zero-order valence-corrected chi connectivity index (χ0v) is 18.8. The zero-order valence-electron chi connectivity index (χ0n) is 16.4. The van der Waals surface area contributed by atoms with Gasteiger partial charge in [-0.3, -0.25) is 9.36 Å². The van der Waals surface area contributed by atoms with Crippen LogP contribution in [0.1, 0.15) is 24.1 Å². The predicted octanol–water partition coefficient (Wildman–Crippen LogP) is 3.42. The highest BCUT2D eigenvalue weighted by molar-refractivity contribution is 7.07. The number of thiazole rings is 1. The largest absolute Gasteiger partial charge is 0.507 e. The van der Waals surface area contributed by atoms with Crippen LogP contribution in [-0.2, 0) is 9.53 Å². The first kappa shape index (κ1) is 21.4. The fourth-order valence-electron chi connectivity index (χ4n) is 3.44. The van der Waals surface area contributed by atoms with Gasteiger partial charge in [-0.1, -0.05) is 46.7 Å². The van der Waals surface area contributed by atoms with Crippen LogP contribution in [0.25, 0.3) is 6.08 Å². The van der Waals surface area contributed by atoms with Crippen molar-refractivity contribution in [2.75, 3.05) is 7.11 Å². The van der Waals surface area contributed by atoms with E-state index >= 15 is 0 Å². The summed E-state index contributed by atoms with van der Waals surface area (Å²) in [5, 5.41) is 11.1. The lowest BCUT2D eigenvalue weighted by Gasteiger charge is -2.24. The van der Waals surface area contributed by atoms with Crippen LogP contribution in [0.4, 0.5) is 0 Å². The van der Waals surface area contributed by atoms with Gasteiger partial charge in [0.25, 0.3) is 5.56 Å². The summed E-state index contributed by atoms with van der Waals surface area (Å²) in [5.74, 6) is -0.570. The number of esters is 1. The molecule has 4 rings (SSSR count). The van der Waals surface area contributed by atoms with E-state index in [1.807, 2.05) is 0 Å². The summed E-state index contributed by atoms with van der Waals surface area (Å²) >= 11 is 13.2. The van der Waals surface area contributed by atoms with Crippen molar-refractivity contribution in [3.63, 3.8) is 0 Å². The first-order valence-electron chi connectivity index (χ1n) is 9.15. The van der Waals surface area contributed by atoms with Gasteiger partial charge in [-0.05, 0) is 48.9 Å². The summed E-state index contributed by atoms with van der Waals surface area (Å²) < 4.78 is 6.77. The van der Waals surface area contributed by atoms with Gasteiger partial charge in [-0.25, -0.2) is 9.79 Å². The average molecular weight is 475 g/mol. The number of carbonyl (C=O) groups excluding carboxylic acids is 1. The Labute approximate surface area is 191 Å². The molecule has 0 saturated carbocycles. The van der Waals surface area contributed by atoms with Crippen molar-refractivity contribution < 1.29 is 14.6 Å². The molecular formula is C22H16Cl2N2O4S. The molecule has 0 aliphatic carbocycles. The Morgan fingerprint density at radius 2 is 1.87 bits per heavy atom. The molecule has 1 atom stereocenters. The van der Waals surface area contributed by atoms with E-state index in [0.717, 1.165) is 11.3 Å². The number of rotatable bonds is 3. The van der Waals surface area contributed by atoms with E-state index in [0.29, 0.717) is 36.2 Å². The molecule has 158 valence electrons. The van der Waals surface area contributed by atoms with E-state index in [4.69, 9.17) is 27.9 Å². The molecule has 1 aliphatic heterocycles. The Kier molecular flexibility index (Phi) is 5.75. The minimum Gasteiger partial charge on any atom is -0.507 e. The molecule has 1 aromatic heterocycles. The van der Waals surface area contributed by atoms with Gasteiger partial charge in [0.2, 0.25) is 0 Å². The third-order valence-electron chi connectivity index (χ3n) is 4.89. The lowest BCUT2D eigenvalue weighted by atomic mass is 9.96. The van der Waals surface area contributed by atoms with E-state index in [-0.39, 0.29) is 16.9 Å². The summed E-state index contributed by atoms with van der Waals surface area (Å²) in [6.45, 7) is 1.70. The maximum Gasteiger partial charge on any atom is 0.338 e. The number of ether oxygens (including phenoxy) is 1. The molecule has 0 bridgehead atoms. The highest BCUT2D eigenvalue weighted by Gasteiger charge is 2.33. The van der Waals surface area contributed by atoms with Gasteiger partial charge in [0.1, 0.15) is 5.75 Å². The van der Waals surface area contributed by atoms with E-state index in [9.17, 15) is 14.7 Å². The normalized spacial score (nSPS) is 16.1. The highest BCUT2D eigenvalue weighted by Crippen LogP contribution is 2.31. The summed E-state index contributed by atoms with van der Waals surface area (Å²) in [6, 6.07) is 10.8. The molecule has 2 heterocycles. The molecule has 0 unspecified atom stereocenters. The molecule has 1 N–H and O–H groups in total. The quantitative estimate of drug-likeness (QED) is 0.589. The molecule has 0 spiro atoms. The Balaban J connectivity index is 1.99. The number of hydrogen-bond acceptors (Lipinski definition) is 6. The molecule has 9 heteroatoms. The van der Waals surface area contributed by atoms with Crippen LogP contribution in [0.15, 0.2) is 63.5 Å². The average Bonchev–Trinajstić information content (AvgIpc) is 3.04. The topological polar surface area (TPSA) is 80.9 Å². The summed E-state index contributed by atoms with van der Waals surface area (Å²) in [6.07, 6.45) is 1.56. The van der Waals surface area contributed by atoms with Crippen molar-refractivity contribution >= 4 is 46.6 Å². The molecule has 31 heavy (non-hydrogen) atoms. The first-order valence-corrected chi connectivity index (χ1v) is 10.7. The second-order valence-corrected chi connectivity index (χ2v) is 8.71. The van der Waals surface area contributed by atoms with Crippen LogP contribution in [-0.4, -0.2) is 22.8 Å². The van der Waals surface area contributed by atoms with Crippen molar-refractivity contribution in [1.29, 1.82) is 0 Å². The summed E-state index contributed by atoms with van der Waals surface area (Å²) in [7, 11) is 1.29. The summed E-state index contributed by atoms with van der Waals surface area (Å²) in [5.41, 5.74) is 1.48. The Morgan fingerprint density at radius 1 is 1.19 bits per heavy atom. The van der Waals surface area contributed by atoms with E-state index in [1.165, 1.54) is 17.7 Å². The molecular weight excluding hydrogens is 459 g/mol. The lowest BCUT2D eigenvalue weighted by molar-refractivity contribution is -0.136. The summed E-state index contributed by atoms with van der Waals surface area (Å²) in [4.78, 5) is 30.9. The number of carbonyl (C=O) groups is 1. The molecule has 3 aromatic rings. The van der Waals surface area contributed by atoms with Crippen molar-refractivity contribution in [2.24, 2.45) is 4.99 Å². The van der Waals surface area contributed by atoms with Gasteiger partial charge < -0.3 is 9.84 Å². The van der Waals surface area contributed by atoms with Crippen LogP contribution in [0, 0.1) is 0 Å². The fraction of sp³-hybridized carbons (Fsp3) is 0.136. The number of nitrogens with zero attached hydrogens (tertiary/aromatic N) is 2. The van der Waals surface area contributed by atoms with E-state index in [1.54, 1.807) is 49.4 Å². The lowest BCUT2D eigenvalue weighted by Crippen LogP contribution is -2.39. The zero-order chi connectivity index (χ0) is 22.3. The number of phenolic OH excluding ortho intramolecular Hbond substituents is 1. The predicted molar refractivity (Wildman–Crippen MR) is 120 cm³/mol. The van der Waals surface area contributed by atoms with E-state index < -0.39 is 12.0 Å². The van der Waals surface area contributed by atoms with Gasteiger partial charge in [-0.2, -0.15) is 0 Å². The highest BCUT2D eigenvalue weighted by atomic mass is 35.5. The van der Waals surface area contributed by atoms with Crippen molar-refractivity contribution in [2.45, 2.75) is 13.0 Å². The van der Waals surface area contributed by atoms with Crippen LogP contribution < -0.4 is 14.9 Å². The monoisotopic (exact) mass is 474 g/mol. The van der Waals surface area contributed by atoms with Crippen LogP contribution in [0.2, 0.25) is 10.0 Å². The number of allylic oxidation sites excluding steroid dienone is 1. The SMILES string of the molecule is COC(=O)C1=C(C)N=c2s/c(=C\c3cc(Cl)ccc3O)c(=O)n2[C@@H]1c1ccc(Cl)cc1. The minimum absolute atomic E-state index is 0.00378. The van der Waals surface area contributed by atoms with Crippen LogP contribution in [0.3, 0.4) is 0 Å². The van der Waals surface area contributed by atoms with Crippen LogP contribution >= 0.6 is 34.5 Å². The number of phenols is 1. The molecule has 2 aromatic carbocycles. The van der Waals surface area contributed by atoms with E-state index in [2.05, 4.69) is 4.99 Å². The van der Waals surface area contributed by atoms with Crippen molar-refractivity contribution in [3.8, 4) is 5.75 Å². The standard InChI is InChI=1S/C22H16Cl2N2O4S/c1-11-18(21(29)30-2)19(12-3-5-14(23)6-4-12)26-20(28)17(31-22(26)25-11)10-13-9-15(24)7-8-16(13)27/h3-10,19,27H,1-2H3/b17-10-/t19-/m1/s1. The molecule has 0 fully saturated rings. The molecule has 1 aliphatic rings. The second-order valence-electron chi connectivity index (χ2n) is 6.83. The minimum atomic E-state index is -0.726. The van der Waals surface area contributed by atoms with Crippen molar-refractivity contribution in [3.05, 3.63) is 94.6 Å². The smallest absolute Gasteiger partial charge is 0.338 e. The number of halogens is 2. The number of methoxy groups -OCH3 is 1. The number of benzene rings is 2. The Hall–Kier alpha value is -2.87. The Morgan fingerprint density at radius 3 is 2.55 bits per heavy atom. The number of fused-ring (bicyclic) bond motifs is 1. The molecule has 0 saturated heterocycles. The number of hydrogen-bond donors (Lipinski definition) is 1. The Bertz CT molecular complexity index is 1400. The van der Waals surface area contributed by atoms with Crippen molar-refractivity contribution in [1.82, 2.24) is 4.57 Å². The number of aromatic nitrogens is 1. The number of aromatic hydroxyl groups is 1. The maximum absolute atomic E-state index is 13.4. The van der Waals surface area contributed by atoms with Gasteiger partial charge in [0, 0.05) is 15.6 Å². The van der Waals surface area contributed by atoms with Gasteiger partial charge in [-0.15, -0.1) is 0 Å².